The van der Waals surface area contributed by atoms with Gasteiger partial charge in [-0.1, -0.05) is 13.8 Å². The maximum atomic E-state index is 11.7. The van der Waals surface area contributed by atoms with E-state index in [-0.39, 0.29) is 24.6 Å². The summed E-state index contributed by atoms with van der Waals surface area (Å²) in [5.41, 5.74) is 0. The first-order chi connectivity index (χ1) is 8.02. The molecule has 0 radical (unpaired) electrons. The lowest BCUT2D eigenvalue weighted by atomic mass is 9.87. The van der Waals surface area contributed by atoms with Crippen molar-refractivity contribution in [1.29, 1.82) is 0 Å². The number of rotatable bonds is 4. The van der Waals surface area contributed by atoms with Crippen LogP contribution >= 0.6 is 0 Å². The van der Waals surface area contributed by atoms with Gasteiger partial charge in [0, 0.05) is 18.7 Å². The Morgan fingerprint density at radius 2 is 1.88 bits per heavy atom. The quantitative estimate of drug-likeness (QED) is 0.705. The van der Waals surface area contributed by atoms with E-state index in [9.17, 15) is 4.79 Å². The maximum absolute atomic E-state index is 11.7. The molecule has 0 aromatic heterocycles. The van der Waals surface area contributed by atoms with Gasteiger partial charge in [0.1, 0.15) is 0 Å². The van der Waals surface area contributed by atoms with Crippen LogP contribution in [0.15, 0.2) is 0 Å². The Kier molecular flexibility index (Phi) is 5.75. The summed E-state index contributed by atoms with van der Waals surface area (Å²) in [4.78, 5) is 11.7. The largest absolute Gasteiger partial charge is 0.396 e. The first kappa shape index (κ1) is 14.3. The second-order valence-electron chi connectivity index (χ2n) is 5.52. The molecule has 1 saturated carbocycles. The number of hydrogen-bond acceptors (Lipinski definition) is 2. The van der Waals surface area contributed by atoms with E-state index in [0.29, 0.717) is 6.04 Å². The van der Waals surface area contributed by atoms with E-state index in [2.05, 4.69) is 17.6 Å². The third-order valence-corrected chi connectivity index (χ3v) is 3.85. The highest BCUT2D eigenvalue weighted by molar-refractivity contribution is 5.74. The summed E-state index contributed by atoms with van der Waals surface area (Å²) in [6.45, 7) is 6.21. The summed E-state index contributed by atoms with van der Waals surface area (Å²) < 4.78 is 0. The summed E-state index contributed by atoms with van der Waals surface area (Å²) in [5, 5.41) is 14.9. The summed E-state index contributed by atoms with van der Waals surface area (Å²) in [5.74, 6) is 0.886. The Labute approximate surface area is 104 Å². The molecule has 1 aliphatic carbocycles. The second kappa shape index (κ2) is 6.84. The molecular formula is C13H26N2O2. The van der Waals surface area contributed by atoms with Gasteiger partial charge in [-0.15, -0.1) is 0 Å². The first-order valence-electron chi connectivity index (χ1n) is 6.70. The first-order valence-corrected chi connectivity index (χ1v) is 6.70. The van der Waals surface area contributed by atoms with Gasteiger partial charge in [0.2, 0.25) is 0 Å². The van der Waals surface area contributed by atoms with E-state index in [1.807, 2.05) is 13.8 Å². The molecule has 1 rings (SSSR count). The number of aliphatic hydroxyl groups excluding tert-OH is 1. The summed E-state index contributed by atoms with van der Waals surface area (Å²) >= 11 is 0. The van der Waals surface area contributed by atoms with Crippen molar-refractivity contribution in [2.45, 2.75) is 58.5 Å². The number of urea groups is 1. The fourth-order valence-corrected chi connectivity index (χ4v) is 2.14. The van der Waals surface area contributed by atoms with E-state index in [0.717, 1.165) is 18.8 Å². The van der Waals surface area contributed by atoms with Crippen LogP contribution in [0.1, 0.15) is 46.5 Å². The van der Waals surface area contributed by atoms with E-state index in [1.54, 1.807) is 0 Å². The van der Waals surface area contributed by atoms with Gasteiger partial charge in [0.25, 0.3) is 0 Å². The topological polar surface area (TPSA) is 61.4 Å². The molecule has 2 amide bonds. The molecule has 0 aliphatic heterocycles. The van der Waals surface area contributed by atoms with Crippen LogP contribution in [-0.2, 0) is 0 Å². The highest BCUT2D eigenvalue weighted by Crippen LogP contribution is 2.23. The van der Waals surface area contributed by atoms with Gasteiger partial charge in [-0.2, -0.15) is 0 Å². The standard InChI is InChI=1S/C13H26N2O2/c1-9-4-6-12(7-5-9)15-13(17)14-11(3)10(2)8-16/h9-12,16H,4-8H2,1-3H3,(H2,14,15,17). The summed E-state index contributed by atoms with van der Waals surface area (Å²) in [6, 6.07) is 0.225. The Hall–Kier alpha value is -0.770. The van der Waals surface area contributed by atoms with Crippen LogP contribution in [0.4, 0.5) is 4.79 Å². The third-order valence-electron chi connectivity index (χ3n) is 3.85. The van der Waals surface area contributed by atoms with E-state index < -0.39 is 0 Å². The highest BCUT2D eigenvalue weighted by Gasteiger charge is 2.21. The van der Waals surface area contributed by atoms with Crippen molar-refractivity contribution in [2.24, 2.45) is 11.8 Å². The Bertz CT molecular complexity index is 238. The molecule has 0 spiro atoms. The van der Waals surface area contributed by atoms with Crippen LogP contribution in [0, 0.1) is 11.8 Å². The molecule has 100 valence electrons. The minimum atomic E-state index is -0.0997. The molecule has 0 aromatic rings. The molecule has 2 atom stereocenters. The maximum Gasteiger partial charge on any atom is 0.315 e. The van der Waals surface area contributed by atoms with Gasteiger partial charge in [-0.25, -0.2) is 4.79 Å². The van der Waals surface area contributed by atoms with Crippen molar-refractivity contribution in [1.82, 2.24) is 10.6 Å². The van der Waals surface area contributed by atoms with Gasteiger partial charge in [-0.05, 0) is 44.4 Å². The zero-order chi connectivity index (χ0) is 12.8. The van der Waals surface area contributed by atoms with Gasteiger partial charge >= 0.3 is 6.03 Å². The minimum absolute atomic E-state index is 0.00233. The molecular weight excluding hydrogens is 216 g/mol. The zero-order valence-corrected chi connectivity index (χ0v) is 11.2. The molecule has 2 unspecified atom stereocenters. The lowest BCUT2D eigenvalue weighted by Crippen LogP contribution is -2.48. The van der Waals surface area contributed by atoms with Crippen LogP contribution in [0.2, 0.25) is 0 Å². The average molecular weight is 242 g/mol. The predicted molar refractivity (Wildman–Crippen MR) is 68.8 cm³/mol. The van der Waals surface area contributed by atoms with E-state index >= 15 is 0 Å². The highest BCUT2D eigenvalue weighted by atomic mass is 16.3. The van der Waals surface area contributed by atoms with E-state index in [1.165, 1.54) is 12.8 Å². The van der Waals surface area contributed by atoms with E-state index in [4.69, 9.17) is 5.11 Å². The van der Waals surface area contributed by atoms with Crippen molar-refractivity contribution >= 4 is 6.03 Å². The Morgan fingerprint density at radius 3 is 2.41 bits per heavy atom. The molecule has 0 heterocycles. The Morgan fingerprint density at radius 1 is 1.29 bits per heavy atom. The fourth-order valence-electron chi connectivity index (χ4n) is 2.14. The lowest BCUT2D eigenvalue weighted by Gasteiger charge is -2.28. The number of carbonyl (C=O) groups excluding carboxylic acids is 1. The van der Waals surface area contributed by atoms with Crippen molar-refractivity contribution in [3.05, 3.63) is 0 Å². The monoisotopic (exact) mass is 242 g/mol. The minimum Gasteiger partial charge on any atom is -0.396 e. The molecule has 0 bridgehead atoms. The van der Waals surface area contributed by atoms with Crippen LogP contribution in [0.25, 0.3) is 0 Å². The molecule has 0 saturated heterocycles. The number of hydrogen-bond donors (Lipinski definition) is 3. The van der Waals surface area contributed by atoms with Gasteiger partial charge in [0.15, 0.2) is 0 Å². The van der Waals surface area contributed by atoms with Crippen molar-refractivity contribution in [3.63, 3.8) is 0 Å². The van der Waals surface area contributed by atoms with Crippen molar-refractivity contribution < 1.29 is 9.90 Å². The number of nitrogens with one attached hydrogen (secondary N) is 2. The van der Waals surface area contributed by atoms with Crippen molar-refractivity contribution in [2.75, 3.05) is 6.61 Å². The normalized spacial score (nSPS) is 28.2. The number of carbonyl (C=O) groups is 1. The third kappa shape index (κ3) is 4.94. The molecule has 3 N–H and O–H groups in total. The average Bonchev–Trinajstić information content (AvgIpc) is 2.30. The molecule has 17 heavy (non-hydrogen) atoms. The van der Waals surface area contributed by atoms with Gasteiger partial charge < -0.3 is 15.7 Å². The molecule has 1 aliphatic rings. The zero-order valence-electron chi connectivity index (χ0n) is 11.2. The summed E-state index contributed by atoms with van der Waals surface area (Å²) in [7, 11) is 0. The van der Waals surface area contributed by atoms with Gasteiger partial charge in [-0.3, -0.25) is 0 Å². The molecule has 4 nitrogen and oxygen atoms in total. The number of aliphatic hydroxyl groups is 1. The fraction of sp³-hybridized carbons (Fsp3) is 0.923. The number of amides is 2. The molecule has 0 aromatic carbocycles. The van der Waals surface area contributed by atoms with Crippen LogP contribution in [0.3, 0.4) is 0 Å². The second-order valence-corrected chi connectivity index (χ2v) is 5.52. The summed E-state index contributed by atoms with van der Waals surface area (Å²) in [6.07, 6.45) is 4.57. The van der Waals surface area contributed by atoms with Crippen LogP contribution in [-0.4, -0.2) is 29.8 Å². The lowest BCUT2D eigenvalue weighted by molar-refractivity contribution is 0.196. The smallest absolute Gasteiger partial charge is 0.315 e. The van der Waals surface area contributed by atoms with Crippen LogP contribution in [0.5, 0.6) is 0 Å². The van der Waals surface area contributed by atoms with Gasteiger partial charge in [0.05, 0.1) is 0 Å². The SMILES string of the molecule is CC1CCC(NC(=O)NC(C)C(C)CO)CC1. The van der Waals surface area contributed by atoms with Crippen LogP contribution < -0.4 is 10.6 Å². The molecule has 1 fully saturated rings. The Balaban J connectivity index is 2.25. The van der Waals surface area contributed by atoms with Crippen molar-refractivity contribution in [3.8, 4) is 0 Å². The molecule has 4 heteroatoms. The predicted octanol–water partition coefficient (Wildman–Crippen LogP) is 1.88.